The highest BCUT2D eigenvalue weighted by molar-refractivity contribution is 7.98. The molecule has 2 rings (SSSR count). The van der Waals surface area contributed by atoms with Gasteiger partial charge in [0, 0.05) is 5.54 Å². The number of benzene rings is 2. The second-order valence-electron chi connectivity index (χ2n) is 11.6. The van der Waals surface area contributed by atoms with Crippen LogP contribution in [0, 0.1) is 13.8 Å². The van der Waals surface area contributed by atoms with E-state index in [2.05, 4.69) is 10.6 Å². The molecule has 0 saturated carbocycles. The van der Waals surface area contributed by atoms with E-state index in [4.69, 9.17) is 16.3 Å². The van der Waals surface area contributed by atoms with Gasteiger partial charge in [0.05, 0.1) is 10.7 Å². The monoisotopic (exact) mass is 589 g/mol. The normalized spacial score (nSPS) is 13.2. The molecule has 2 unspecified atom stereocenters. The lowest BCUT2D eigenvalue weighted by Gasteiger charge is -2.44. The molecule has 0 aliphatic heterocycles. The van der Waals surface area contributed by atoms with Crippen LogP contribution in [0.5, 0.6) is 0 Å². The van der Waals surface area contributed by atoms with Crippen molar-refractivity contribution in [3.63, 3.8) is 0 Å². The number of alkyl carbamates (subject to hydrolysis) is 1. The number of hydrogen-bond donors (Lipinski definition) is 2. The van der Waals surface area contributed by atoms with E-state index >= 15 is 0 Å². The molecule has 0 aliphatic carbocycles. The molecule has 0 spiro atoms. The van der Waals surface area contributed by atoms with Gasteiger partial charge >= 0.3 is 6.09 Å². The number of hydrogen-bond acceptors (Lipinski definition) is 5. The second kappa shape index (κ2) is 14.3. The van der Waals surface area contributed by atoms with Crippen LogP contribution in [0.15, 0.2) is 42.5 Å². The lowest BCUT2D eigenvalue weighted by atomic mass is 9.91. The Balaban J connectivity index is 2.66. The van der Waals surface area contributed by atoms with Gasteiger partial charge in [0.25, 0.3) is 5.91 Å². The Hall–Kier alpha value is -2.71. The SMILES string of the molecule is CCC(C)(C)N(C(=O)C(CCSC)NC(=O)OC(C)(C)C)C(C(=O)Nc1c(C)cccc1Cl)c1cccc(C)c1. The third kappa shape index (κ3) is 9.16. The number of carbonyl (C=O) groups is 3. The summed E-state index contributed by atoms with van der Waals surface area (Å²) in [6.07, 6.45) is 2.21. The fraction of sp³-hybridized carbons (Fsp3) is 0.516. The quantitative estimate of drug-likeness (QED) is 0.287. The van der Waals surface area contributed by atoms with Crippen LogP contribution >= 0.6 is 23.4 Å². The Morgan fingerprint density at radius 2 is 1.70 bits per heavy atom. The predicted molar refractivity (Wildman–Crippen MR) is 166 cm³/mol. The van der Waals surface area contributed by atoms with E-state index < -0.39 is 35.2 Å². The molecule has 0 aliphatic rings. The average Bonchev–Trinajstić information content (AvgIpc) is 2.85. The maximum Gasteiger partial charge on any atom is 0.408 e. The van der Waals surface area contributed by atoms with Crippen LogP contribution in [0.25, 0.3) is 0 Å². The molecule has 7 nitrogen and oxygen atoms in total. The summed E-state index contributed by atoms with van der Waals surface area (Å²) in [5.41, 5.74) is 1.46. The minimum Gasteiger partial charge on any atom is -0.444 e. The lowest BCUT2D eigenvalue weighted by Crippen LogP contribution is -2.59. The Morgan fingerprint density at radius 1 is 1.05 bits per heavy atom. The number of anilines is 1. The summed E-state index contributed by atoms with van der Waals surface area (Å²) in [5, 5.41) is 6.20. The van der Waals surface area contributed by atoms with Gasteiger partial charge in [-0.2, -0.15) is 11.8 Å². The highest BCUT2D eigenvalue weighted by Crippen LogP contribution is 2.35. The van der Waals surface area contributed by atoms with Gasteiger partial charge in [0.15, 0.2) is 0 Å². The second-order valence-corrected chi connectivity index (χ2v) is 13.0. The van der Waals surface area contributed by atoms with Crippen molar-refractivity contribution in [2.45, 2.75) is 91.5 Å². The molecule has 0 saturated heterocycles. The molecule has 220 valence electrons. The first-order valence-corrected chi connectivity index (χ1v) is 15.3. The highest BCUT2D eigenvalue weighted by Gasteiger charge is 2.43. The molecule has 9 heteroatoms. The molecule has 2 atom stereocenters. The van der Waals surface area contributed by atoms with E-state index in [1.165, 1.54) is 0 Å². The van der Waals surface area contributed by atoms with Crippen molar-refractivity contribution in [3.8, 4) is 0 Å². The van der Waals surface area contributed by atoms with E-state index in [1.54, 1.807) is 43.5 Å². The van der Waals surface area contributed by atoms with Crippen LogP contribution in [0.1, 0.15) is 77.1 Å². The minimum atomic E-state index is -0.991. The fourth-order valence-electron chi connectivity index (χ4n) is 4.30. The van der Waals surface area contributed by atoms with Gasteiger partial charge in [-0.15, -0.1) is 0 Å². The number of carbonyl (C=O) groups excluding carboxylic acids is 3. The molecule has 0 radical (unpaired) electrons. The molecule has 0 bridgehead atoms. The van der Waals surface area contributed by atoms with Gasteiger partial charge in [-0.05, 0) is 90.5 Å². The maximum absolute atomic E-state index is 14.5. The molecule has 3 amide bonds. The Bertz CT molecular complexity index is 1180. The van der Waals surface area contributed by atoms with Crippen molar-refractivity contribution < 1.29 is 19.1 Å². The Morgan fingerprint density at radius 3 is 2.25 bits per heavy atom. The van der Waals surface area contributed by atoms with E-state index in [0.29, 0.717) is 34.9 Å². The number of halogens is 1. The van der Waals surface area contributed by atoms with Crippen LogP contribution in [-0.2, 0) is 14.3 Å². The van der Waals surface area contributed by atoms with Crippen molar-refractivity contribution in [2.75, 3.05) is 17.3 Å². The van der Waals surface area contributed by atoms with E-state index in [1.807, 2.05) is 77.3 Å². The Kier molecular flexibility index (Phi) is 11.9. The number of nitrogens with zero attached hydrogens (tertiary/aromatic N) is 1. The van der Waals surface area contributed by atoms with Crippen molar-refractivity contribution >= 4 is 47.0 Å². The summed E-state index contributed by atoms with van der Waals surface area (Å²) >= 11 is 8.04. The fourth-order valence-corrected chi connectivity index (χ4v) is 5.04. The molecule has 0 fully saturated rings. The van der Waals surface area contributed by atoms with Gasteiger partial charge in [-0.3, -0.25) is 9.59 Å². The van der Waals surface area contributed by atoms with Gasteiger partial charge in [-0.1, -0.05) is 60.5 Å². The van der Waals surface area contributed by atoms with Crippen LogP contribution < -0.4 is 10.6 Å². The van der Waals surface area contributed by atoms with Crippen LogP contribution in [-0.4, -0.2) is 52.0 Å². The minimum absolute atomic E-state index is 0.357. The predicted octanol–water partition coefficient (Wildman–Crippen LogP) is 7.30. The van der Waals surface area contributed by atoms with Gasteiger partial charge in [0.2, 0.25) is 5.91 Å². The number of rotatable bonds is 11. The van der Waals surface area contributed by atoms with Crippen molar-refractivity contribution in [1.29, 1.82) is 0 Å². The zero-order valence-electron chi connectivity index (χ0n) is 25.2. The lowest BCUT2D eigenvalue weighted by molar-refractivity contribution is -0.147. The number of nitrogens with one attached hydrogen (secondary N) is 2. The summed E-state index contributed by atoms with van der Waals surface area (Å²) in [7, 11) is 0. The van der Waals surface area contributed by atoms with Crippen molar-refractivity contribution in [1.82, 2.24) is 10.2 Å². The molecule has 0 aromatic heterocycles. The van der Waals surface area contributed by atoms with Gasteiger partial charge in [0.1, 0.15) is 17.7 Å². The number of amides is 3. The largest absolute Gasteiger partial charge is 0.444 e. The van der Waals surface area contributed by atoms with E-state index in [-0.39, 0.29) is 5.91 Å². The topological polar surface area (TPSA) is 87.7 Å². The van der Waals surface area contributed by atoms with Gasteiger partial charge in [-0.25, -0.2) is 4.79 Å². The Labute approximate surface area is 248 Å². The molecule has 0 heterocycles. The number of thioether (sulfide) groups is 1. The van der Waals surface area contributed by atoms with Crippen molar-refractivity contribution in [2.24, 2.45) is 0 Å². The van der Waals surface area contributed by atoms with Gasteiger partial charge < -0.3 is 20.3 Å². The van der Waals surface area contributed by atoms with Crippen LogP contribution in [0.3, 0.4) is 0 Å². The standard InChI is InChI=1S/C31H44ClN3O4S/c1-10-31(7,8)35(28(37)24(17-18-40-9)33-29(38)39-30(4,5)6)26(22-15-11-13-20(2)19-22)27(36)34-25-21(3)14-12-16-23(25)32/h11-16,19,24,26H,10,17-18H2,1-9H3,(H,33,38)(H,34,36). The highest BCUT2D eigenvalue weighted by atomic mass is 35.5. The molecule has 40 heavy (non-hydrogen) atoms. The molecular formula is C31H44ClN3O4S. The summed E-state index contributed by atoms with van der Waals surface area (Å²) in [6.45, 7) is 15.0. The first-order chi connectivity index (χ1) is 18.6. The first-order valence-electron chi connectivity index (χ1n) is 13.6. The number of para-hydroxylation sites is 1. The summed E-state index contributed by atoms with van der Waals surface area (Å²) in [5.74, 6) is -0.117. The third-order valence-electron chi connectivity index (χ3n) is 6.69. The number of aryl methyl sites for hydroxylation is 2. The van der Waals surface area contributed by atoms with Crippen LogP contribution in [0.4, 0.5) is 10.5 Å². The smallest absolute Gasteiger partial charge is 0.408 e. The zero-order valence-corrected chi connectivity index (χ0v) is 26.8. The summed E-state index contributed by atoms with van der Waals surface area (Å²) in [4.78, 5) is 43.1. The average molecular weight is 590 g/mol. The molecule has 2 aromatic rings. The summed E-state index contributed by atoms with van der Waals surface area (Å²) in [6, 6.07) is 11.1. The number of ether oxygens (including phenoxy) is 1. The third-order valence-corrected chi connectivity index (χ3v) is 7.65. The molecular weight excluding hydrogens is 546 g/mol. The van der Waals surface area contributed by atoms with Crippen LogP contribution in [0.2, 0.25) is 5.02 Å². The summed E-state index contributed by atoms with van der Waals surface area (Å²) < 4.78 is 5.48. The zero-order chi connectivity index (χ0) is 30.3. The first kappa shape index (κ1) is 33.5. The van der Waals surface area contributed by atoms with Crippen molar-refractivity contribution in [3.05, 3.63) is 64.2 Å². The molecule has 2 aromatic carbocycles. The van der Waals surface area contributed by atoms with E-state index in [0.717, 1.165) is 11.1 Å². The van der Waals surface area contributed by atoms with E-state index in [9.17, 15) is 14.4 Å². The maximum atomic E-state index is 14.5. The molecule has 2 N–H and O–H groups in total.